The van der Waals surface area contributed by atoms with Gasteiger partial charge >= 0.3 is 0 Å². The number of fused-ring (bicyclic) bond motifs is 1. The van der Waals surface area contributed by atoms with Crippen molar-refractivity contribution in [2.24, 2.45) is 0 Å². The van der Waals surface area contributed by atoms with E-state index in [4.69, 9.17) is 17.3 Å². The van der Waals surface area contributed by atoms with Crippen LogP contribution in [0.1, 0.15) is 12.5 Å². The lowest BCUT2D eigenvalue weighted by atomic mass is 10.0. The summed E-state index contributed by atoms with van der Waals surface area (Å²) in [5.41, 5.74) is 9.22. The molecule has 3 aromatic heterocycles. The van der Waals surface area contributed by atoms with Crippen molar-refractivity contribution >= 4 is 65.4 Å². The van der Waals surface area contributed by atoms with E-state index >= 15 is 0 Å². The summed E-state index contributed by atoms with van der Waals surface area (Å²) in [7, 11) is 0. The molecule has 0 aliphatic carbocycles. The molecule has 0 spiro atoms. The molecule has 11 heteroatoms. The first-order valence-electron chi connectivity index (χ1n) is 9.35. The molecule has 0 bridgehead atoms. The Labute approximate surface area is 208 Å². The smallest absolute Gasteiger partial charge is 0.132 e. The zero-order valence-electron chi connectivity index (χ0n) is 16.7. The van der Waals surface area contributed by atoms with Gasteiger partial charge in [-0.3, -0.25) is 9.67 Å². The van der Waals surface area contributed by atoms with Crippen LogP contribution in [0, 0.1) is 5.82 Å². The van der Waals surface area contributed by atoms with Crippen molar-refractivity contribution < 1.29 is 4.39 Å². The molecule has 1 atom stereocenters. The van der Waals surface area contributed by atoms with Gasteiger partial charge in [0.25, 0.3) is 0 Å². The van der Waals surface area contributed by atoms with E-state index in [1.54, 1.807) is 12.3 Å². The quantitative estimate of drug-likeness (QED) is 0.383. The lowest BCUT2D eigenvalue weighted by Gasteiger charge is -2.09. The van der Waals surface area contributed by atoms with Gasteiger partial charge in [-0.25, -0.2) is 9.37 Å². The molecule has 4 heterocycles. The van der Waals surface area contributed by atoms with Crippen molar-refractivity contribution in [3.05, 3.63) is 59.9 Å². The molecule has 1 saturated heterocycles. The minimum absolute atomic E-state index is 0. The monoisotopic (exact) mass is 516 g/mol. The summed E-state index contributed by atoms with van der Waals surface area (Å²) < 4.78 is 16.0. The summed E-state index contributed by atoms with van der Waals surface area (Å²) in [4.78, 5) is 8.74. The normalized spacial score (nSPS) is 15.0. The highest BCUT2D eigenvalue weighted by molar-refractivity contribution is 6.35. The molecule has 0 radical (unpaired) electrons. The van der Waals surface area contributed by atoms with E-state index in [0.717, 1.165) is 30.6 Å². The first-order valence-corrected chi connectivity index (χ1v) is 9.73. The van der Waals surface area contributed by atoms with Crippen molar-refractivity contribution in [2.45, 2.75) is 12.5 Å². The fraction of sp³-hybridized carbons (Fsp3) is 0.190. The van der Waals surface area contributed by atoms with Gasteiger partial charge in [-0.05, 0) is 37.2 Å². The Kier molecular flexibility index (Phi) is 8.67. The first kappa shape index (κ1) is 26.1. The maximum absolute atomic E-state index is 14.0. The number of benzene rings is 1. The number of halogens is 5. The number of hydrogen-bond acceptors (Lipinski definition) is 5. The Hall–Kier alpha value is -2.16. The average molecular weight is 518 g/mol. The van der Waals surface area contributed by atoms with Crippen molar-refractivity contribution in [1.82, 2.24) is 25.1 Å². The number of nitrogens with two attached hydrogens (primary N) is 1. The van der Waals surface area contributed by atoms with E-state index in [2.05, 4.69) is 20.4 Å². The lowest BCUT2D eigenvalue weighted by Crippen LogP contribution is -2.13. The van der Waals surface area contributed by atoms with Gasteiger partial charge in [0.15, 0.2) is 0 Å². The van der Waals surface area contributed by atoms with Crippen LogP contribution in [-0.4, -0.2) is 32.8 Å². The van der Waals surface area contributed by atoms with E-state index in [-0.39, 0.29) is 43.0 Å². The van der Waals surface area contributed by atoms with Crippen LogP contribution in [0.3, 0.4) is 0 Å². The van der Waals surface area contributed by atoms with Crippen LogP contribution in [0.5, 0.6) is 0 Å². The lowest BCUT2D eigenvalue weighted by molar-refractivity contribution is 0.491. The molecular formula is C21H21Cl4FN6. The summed E-state index contributed by atoms with van der Waals surface area (Å²) in [6.45, 7) is 1.93. The molecule has 1 aliphatic heterocycles. The molecule has 4 aromatic rings. The van der Waals surface area contributed by atoms with Gasteiger partial charge in [0.2, 0.25) is 0 Å². The van der Waals surface area contributed by atoms with Crippen LogP contribution in [0.2, 0.25) is 5.02 Å². The van der Waals surface area contributed by atoms with Gasteiger partial charge in [0.1, 0.15) is 11.6 Å². The number of rotatable bonds is 3. The molecule has 5 rings (SSSR count). The Morgan fingerprint density at radius 1 is 1.03 bits per heavy atom. The largest absolute Gasteiger partial charge is 0.383 e. The fourth-order valence-corrected chi connectivity index (χ4v) is 3.93. The predicted octanol–water partition coefficient (Wildman–Crippen LogP) is 5.33. The highest BCUT2D eigenvalue weighted by Gasteiger charge is 2.18. The molecule has 0 saturated carbocycles. The van der Waals surface area contributed by atoms with E-state index in [1.165, 1.54) is 18.3 Å². The summed E-state index contributed by atoms with van der Waals surface area (Å²) in [6, 6.07) is 6.90. The van der Waals surface area contributed by atoms with Crippen molar-refractivity contribution in [2.75, 3.05) is 18.8 Å². The molecule has 6 nitrogen and oxygen atoms in total. The van der Waals surface area contributed by atoms with E-state index in [0.29, 0.717) is 38.9 Å². The van der Waals surface area contributed by atoms with Gasteiger partial charge < -0.3 is 11.1 Å². The van der Waals surface area contributed by atoms with E-state index in [9.17, 15) is 4.39 Å². The van der Waals surface area contributed by atoms with Gasteiger partial charge in [0.05, 0.1) is 17.9 Å². The fourth-order valence-electron chi connectivity index (χ4n) is 3.71. The van der Waals surface area contributed by atoms with Crippen LogP contribution < -0.4 is 11.1 Å². The third-order valence-electron chi connectivity index (χ3n) is 5.33. The molecule has 170 valence electrons. The molecule has 1 aliphatic rings. The number of nitrogens with one attached hydrogen (secondary N) is 1. The van der Waals surface area contributed by atoms with Crippen molar-refractivity contribution in [3.8, 4) is 22.4 Å². The zero-order chi connectivity index (χ0) is 20.0. The number of nitrogen functional groups attached to an aromatic ring is 1. The Morgan fingerprint density at radius 3 is 2.59 bits per heavy atom. The second-order valence-corrected chi connectivity index (χ2v) is 7.56. The number of pyridine rings is 2. The summed E-state index contributed by atoms with van der Waals surface area (Å²) in [6.07, 6.45) is 8.11. The van der Waals surface area contributed by atoms with Crippen LogP contribution in [0.4, 0.5) is 10.2 Å². The van der Waals surface area contributed by atoms with Crippen molar-refractivity contribution in [3.63, 3.8) is 0 Å². The first-order chi connectivity index (χ1) is 14.1. The van der Waals surface area contributed by atoms with Gasteiger partial charge in [-0.15, -0.1) is 37.2 Å². The summed E-state index contributed by atoms with van der Waals surface area (Å²) >= 11 is 6.26. The molecule has 1 fully saturated rings. The number of anilines is 1. The maximum Gasteiger partial charge on any atom is 0.132 e. The molecule has 1 unspecified atom stereocenters. The van der Waals surface area contributed by atoms with Crippen LogP contribution >= 0.6 is 48.8 Å². The third kappa shape index (κ3) is 4.77. The van der Waals surface area contributed by atoms with Gasteiger partial charge in [-0.1, -0.05) is 11.6 Å². The molecule has 1 aromatic carbocycles. The standard InChI is InChI=1S/C21H18ClFN6.3ClH/c22-18-1-2-19(23)17-10-26-20(6-15(17)18)16-5-12(7-27-21(16)24)13-8-28-29(11-13)14-3-4-25-9-14;;;/h1-2,5-8,10-11,14,25H,3-4,9H2,(H2,24,27);3*1H. The Morgan fingerprint density at radius 2 is 1.84 bits per heavy atom. The van der Waals surface area contributed by atoms with Crippen LogP contribution in [0.15, 0.2) is 49.1 Å². The molecule has 32 heavy (non-hydrogen) atoms. The minimum Gasteiger partial charge on any atom is -0.383 e. The van der Waals surface area contributed by atoms with E-state index < -0.39 is 0 Å². The van der Waals surface area contributed by atoms with E-state index in [1.807, 2.05) is 23.1 Å². The number of hydrogen-bond donors (Lipinski definition) is 2. The maximum atomic E-state index is 14.0. The summed E-state index contributed by atoms with van der Waals surface area (Å²) in [5, 5.41) is 9.26. The third-order valence-corrected chi connectivity index (χ3v) is 5.66. The highest BCUT2D eigenvalue weighted by atomic mass is 35.5. The number of aromatic nitrogens is 4. The predicted molar refractivity (Wildman–Crippen MR) is 134 cm³/mol. The second-order valence-electron chi connectivity index (χ2n) is 7.16. The highest BCUT2D eigenvalue weighted by Crippen LogP contribution is 2.33. The molecular weight excluding hydrogens is 497 g/mol. The average Bonchev–Trinajstić information content (AvgIpc) is 3.43. The summed E-state index contributed by atoms with van der Waals surface area (Å²) in [5.74, 6) is -0.0161. The topological polar surface area (TPSA) is 81.6 Å². The van der Waals surface area contributed by atoms with Gasteiger partial charge in [0, 0.05) is 57.6 Å². The number of nitrogens with zero attached hydrogens (tertiary/aromatic N) is 4. The SMILES string of the molecule is Cl.Cl.Cl.Nc1ncc(-c2cnn(C3CCNC3)c2)cc1-c1cc2c(Cl)ccc(F)c2cn1. The second kappa shape index (κ2) is 10.6. The van der Waals surface area contributed by atoms with Gasteiger partial charge in [-0.2, -0.15) is 5.10 Å². The Balaban J connectivity index is 0.00000121. The Bertz CT molecular complexity index is 1230. The molecule has 3 N–H and O–H groups in total. The molecule has 0 amide bonds. The van der Waals surface area contributed by atoms with Crippen LogP contribution in [-0.2, 0) is 0 Å². The zero-order valence-corrected chi connectivity index (χ0v) is 19.9. The van der Waals surface area contributed by atoms with Crippen LogP contribution in [0.25, 0.3) is 33.2 Å². The minimum atomic E-state index is -0.364. The van der Waals surface area contributed by atoms with Crippen molar-refractivity contribution in [1.29, 1.82) is 0 Å².